The lowest BCUT2D eigenvalue weighted by atomic mass is 10.0. The summed E-state index contributed by atoms with van der Waals surface area (Å²) in [6.45, 7) is 2.53. The van der Waals surface area contributed by atoms with Crippen LogP contribution in [0, 0.1) is 6.92 Å². The van der Waals surface area contributed by atoms with Crippen LogP contribution in [0.2, 0.25) is 0 Å². The molecule has 3 rings (SSSR count). The van der Waals surface area contributed by atoms with Crippen LogP contribution in [0.15, 0.2) is 48.5 Å². The van der Waals surface area contributed by atoms with Gasteiger partial charge in [0.15, 0.2) is 0 Å². The van der Waals surface area contributed by atoms with Crippen LogP contribution in [0.5, 0.6) is 0 Å². The maximum absolute atomic E-state index is 12.4. The highest BCUT2D eigenvalue weighted by atomic mass is 16.2. The lowest BCUT2D eigenvalue weighted by molar-refractivity contribution is 0.0951. The largest absolute Gasteiger partial charge is 0.349 e. The number of likely N-dealkylation sites (N-methyl/N-ethyl adjacent to an activating group) is 1. The van der Waals surface area contributed by atoms with Crippen LogP contribution in [0.4, 0.5) is 10.5 Å². The minimum Gasteiger partial charge on any atom is -0.349 e. The maximum atomic E-state index is 12.4. The zero-order chi connectivity index (χ0) is 20.1. The third-order valence-corrected chi connectivity index (χ3v) is 4.84. The number of nitrogens with zero attached hydrogens (tertiary/aromatic N) is 1. The Balaban J connectivity index is 1.57. The first kappa shape index (κ1) is 19.9. The first-order valence-corrected chi connectivity index (χ1v) is 9.61. The van der Waals surface area contributed by atoms with Gasteiger partial charge in [0, 0.05) is 23.8 Å². The van der Waals surface area contributed by atoms with E-state index >= 15 is 0 Å². The van der Waals surface area contributed by atoms with E-state index in [0.717, 1.165) is 18.4 Å². The van der Waals surface area contributed by atoms with Crippen molar-refractivity contribution in [3.8, 4) is 0 Å². The van der Waals surface area contributed by atoms with Crippen molar-refractivity contribution in [3.63, 3.8) is 0 Å². The predicted octanol–water partition coefficient (Wildman–Crippen LogP) is 3.31. The average molecular weight is 380 g/mol. The van der Waals surface area contributed by atoms with Crippen LogP contribution in [0.25, 0.3) is 0 Å². The first-order valence-electron chi connectivity index (χ1n) is 9.61. The molecule has 3 amide bonds. The molecule has 0 aliphatic heterocycles. The highest BCUT2D eigenvalue weighted by Crippen LogP contribution is 2.20. The van der Waals surface area contributed by atoms with Gasteiger partial charge in [-0.15, -0.1) is 0 Å². The molecule has 3 N–H and O–H groups in total. The van der Waals surface area contributed by atoms with Gasteiger partial charge in [0.05, 0.1) is 6.04 Å². The molecule has 1 fully saturated rings. The van der Waals surface area contributed by atoms with Gasteiger partial charge in [0.25, 0.3) is 5.91 Å². The molecule has 148 valence electrons. The Morgan fingerprint density at radius 3 is 2.46 bits per heavy atom. The molecule has 6 heteroatoms. The Bertz CT molecular complexity index is 829. The van der Waals surface area contributed by atoms with Crippen LogP contribution in [0.1, 0.15) is 40.4 Å². The van der Waals surface area contributed by atoms with Crippen molar-refractivity contribution in [2.75, 3.05) is 26.0 Å². The van der Waals surface area contributed by atoms with Crippen LogP contribution >= 0.6 is 0 Å². The average Bonchev–Trinajstić information content (AvgIpc) is 3.47. The van der Waals surface area contributed by atoms with Crippen molar-refractivity contribution < 1.29 is 9.59 Å². The summed E-state index contributed by atoms with van der Waals surface area (Å²) in [6.07, 6.45) is 2.08. The van der Waals surface area contributed by atoms with Crippen LogP contribution in [0.3, 0.4) is 0 Å². The molecule has 1 aliphatic rings. The fourth-order valence-electron chi connectivity index (χ4n) is 2.99. The quantitative estimate of drug-likeness (QED) is 0.690. The summed E-state index contributed by atoms with van der Waals surface area (Å²) >= 11 is 0. The molecular weight excluding hydrogens is 352 g/mol. The summed E-state index contributed by atoms with van der Waals surface area (Å²) in [6, 6.07) is 15.4. The molecular formula is C22H28N4O2. The molecule has 1 atom stereocenters. The van der Waals surface area contributed by atoms with Gasteiger partial charge < -0.3 is 20.9 Å². The van der Waals surface area contributed by atoms with E-state index in [9.17, 15) is 9.59 Å². The van der Waals surface area contributed by atoms with Crippen molar-refractivity contribution in [2.24, 2.45) is 0 Å². The van der Waals surface area contributed by atoms with Crippen molar-refractivity contribution >= 4 is 17.6 Å². The number of hydrogen-bond acceptors (Lipinski definition) is 3. The van der Waals surface area contributed by atoms with Crippen LogP contribution in [-0.2, 0) is 0 Å². The van der Waals surface area contributed by atoms with E-state index < -0.39 is 0 Å². The Hall–Kier alpha value is -2.86. The molecule has 0 radical (unpaired) electrons. The smallest absolute Gasteiger partial charge is 0.319 e. The SMILES string of the molecule is Cc1ccc(C(CNC(=O)Nc2cccc(C(=O)NC3CC3)c2)N(C)C)cc1. The number of hydrogen-bond donors (Lipinski definition) is 3. The van der Waals surface area contributed by atoms with Crippen molar-refractivity contribution in [3.05, 3.63) is 65.2 Å². The Morgan fingerprint density at radius 2 is 1.82 bits per heavy atom. The van der Waals surface area contributed by atoms with E-state index in [0.29, 0.717) is 23.8 Å². The van der Waals surface area contributed by atoms with Crippen molar-refractivity contribution in [1.29, 1.82) is 0 Å². The second-order valence-corrected chi connectivity index (χ2v) is 7.55. The highest BCUT2D eigenvalue weighted by molar-refractivity contribution is 5.97. The molecule has 1 unspecified atom stereocenters. The number of amides is 3. The van der Waals surface area contributed by atoms with E-state index in [1.807, 2.05) is 14.1 Å². The summed E-state index contributed by atoms with van der Waals surface area (Å²) in [5.74, 6) is -0.0985. The summed E-state index contributed by atoms with van der Waals surface area (Å²) in [5.41, 5.74) is 3.50. The molecule has 0 heterocycles. The van der Waals surface area contributed by atoms with Gasteiger partial charge in [0.2, 0.25) is 0 Å². The van der Waals surface area contributed by atoms with Gasteiger partial charge in [-0.2, -0.15) is 0 Å². The van der Waals surface area contributed by atoms with Crippen LogP contribution in [-0.4, -0.2) is 43.5 Å². The number of aryl methyl sites for hydroxylation is 1. The maximum Gasteiger partial charge on any atom is 0.319 e. The summed E-state index contributed by atoms with van der Waals surface area (Å²) in [7, 11) is 3.98. The molecule has 0 saturated heterocycles. The van der Waals surface area contributed by atoms with Gasteiger partial charge in [0.1, 0.15) is 0 Å². The number of nitrogens with one attached hydrogen (secondary N) is 3. The molecule has 0 aromatic heterocycles. The molecule has 2 aromatic rings. The van der Waals surface area contributed by atoms with E-state index in [1.54, 1.807) is 24.3 Å². The zero-order valence-corrected chi connectivity index (χ0v) is 16.7. The molecule has 1 aliphatic carbocycles. The second kappa shape index (κ2) is 8.89. The Kier molecular flexibility index (Phi) is 6.31. The first-order chi connectivity index (χ1) is 13.4. The van der Waals surface area contributed by atoms with Crippen molar-refractivity contribution in [1.82, 2.24) is 15.5 Å². The van der Waals surface area contributed by atoms with Gasteiger partial charge in [-0.1, -0.05) is 35.9 Å². The van der Waals surface area contributed by atoms with E-state index in [2.05, 4.69) is 52.0 Å². The van der Waals surface area contributed by atoms with Gasteiger partial charge in [-0.05, 0) is 57.6 Å². The fraction of sp³-hybridized carbons (Fsp3) is 0.364. The minimum absolute atomic E-state index is 0.0713. The van der Waals surface area contributed by atoms with Crippen molar-refractivity contribution in [2.45, 2.75) is 31.8 Å². The number of carbonyl (C=O) groups excluding carboxylic acids is 2. The number of anilines is 1. The predicted molar refractivity (Wildman–Crippen MR) is 112 cm³/mol. The number of carbonyl (C=O) groups is 2. The molecule has 0 bridgehead atoms. The van der Waals surface area contributed by atoms with Gasteiger partial charge >= 0.3 is 6.03 Å². The van der Waals surface area contributed by atoms with E-state index in [-0.39, 0.29) is 18.0 Å². The minimum atomic E-state index is -0.293. The fourth-order valence-corrected chi connectivity index (χ4v) is 2.99. The number of urea groups is 1. The Morgan fingerprint density at radius 1 is 1.11 bits per heavy atom. The standard InChI is InChI=1S/C22H28N4O2/c1-15-7-9-16(10-8-15)20(26(2)3)14-23-22(28)25-19-6-4-5-17(13-19)21(27)24-18-11-12-18/h4-10,13,18,20H,11-12,14H2,1-3H3,(H,24,27)(H2,23,25,28). The molecule has 1 saturated carbocycles. The monoisotopic (exact) mass is 380 g/mol. The molecule has 6 nitrogen and oxygen atoms in total. The number of benzene rings is 2. The second-order valence-electron chi connectivity index (χ2n) is 7.55. The molecule has 0 spiro atoms. The lowest BCUT2D eigenvalue weighted by Gasteiger charge is -2.25. The summed E-state index contributed by atoms with van der Waals surface area (Å²) in [4.78, 5) is 26.6. The third kappa shape index (κ3) is 5.57. The van der Waals surface area contributed by atoms with Crippen LogP contribution < -0.4 is 16.0 Å². The molecule has 28 heavy (non-hydrogen) atoms. The summed E-state index contributed by atoms with van der Waals surface area (Å²) < 4.78 is 0. The summed E-state index contributed by atoms with van der Waals surface area (Å²) in [5, 5.41) is 8.69. The third-order valence-electron chi connectivity index (χ3n) is 4.84. The van der Waals surface area contributed by atoms with E-state index in [1.165, 1.54) is 5.56 Å². The number of rotatable bonds is 7. The van der Waals surface area contributed by atoms with E-state index in [4.69, 9.17) is 0 Å². The topological polar surface area (TPSA) is 73.5 Å². The van der Waals surface area contributed by atoms with Gasteiger partial charge in [-0.3, -0.25) is 4.79 Å². The zero-order valence-electron chi connectivity index (χ0n) is 16.7. The molecule has 2 aromatic carbocycles. The van der Waals surface area contributed by atoms with Gasteiger partial charge in [-0.25, -0.2) is 4.79 Å². The normalized spacial score (nSPS) is 14.4. The highest BCUT2D eigenvalue weighted by Gasteiger charge is 2.23. The lowest BCUT2D eigenvalue weighted by Crippen LogP contribution is -2.37. The Labute approximate surface area is 166 Å².